The van der Waals surface area contributed by atoms with Crippen LogP contribution >= 0.6 is 23.2 Å². The molecule has 2 heteroatoms. The molecule has 0 amide bonds. The molecule has 0 bridgehead atoms. The molecule has 0 aliphatic rings. The summed E-state index contributed by atoms with van der Waals surface area (Å²) in [6.07, 6.45) is 3.43. The molecule has 0 fully saturated rings. The van der Waals surface area contributed by atoms with Crippen LogP contribution in [0.1, 0.15) is 18.4 Å². The van der Waals surface area contributed by atoms with E-state index < -0.39 is 0 Å². The molecule has 0 unspecified atom stereocenters. The van der Waals surface area contributed by atoms with Crippen LogP contribution in [0.5, 0.6) is 0 Å². The van der Waals surface area contributed by atoms with Gasteiger partial charge in [0, 0.05) is 11.8 Å². The average Bonchev–Trinajstić information content (AvgIpc) is 2.26. The van der Waals surface area contributed by atoms with E-state index >= 15 is 0 Å². The number of hydrogen-bond acceptors (Lipinski definition) is 0. The third-order valence-electron chi connectivity index (χ3n) is 2.36. The molecule has 0 saturated heterocycles. The molecule has 0 nitrogen and oxygen atoms in total. The SMILES string of the molecule is ClCC(CCl)CCCc1ccccc1. The molecule has 0 heterocycles. The molecule has 1 rings (SSSR count). The van der Waals surface area contributed by atoms with E-state index in [-0.39, 0.29) is 0 Å². The smallest absolute Gasteiger partial charge is 0.0263 e. The van der Waals surface area contributed by atoms with Crippen molar-refractivity contribution in [1.29, 1.82) is 0 Å². The van der Waals surface area contributed by atoms with Crippen molar-refractivity contribution in [3.05, 3.63) is 35.9 Å². The molecular formula is C12H16Cl2. The highest BCUT2D eigenvalue weighted by Crippen LogP contribution is 2.13. The highest BCUT2D eigenvalue weighted by molar-refractivity contribution is 6.20. The van der Waals surface area contributed by atoms with E-state index in [4.69, 9.17) is 23.2 Å². The molecule has 0 saturated carbocycles. The second-order valence-electron chi connectivity index (χ2n) is 3.55. The minimum Gasteiger partial charge on any atom is -0.126 e. The Kier molecular flexibility index (Phi) is 6.05. The van der Waals surface area contributed by atoms with E-state index in [2.05, 4.69) is 24.3 Å². The van der Waals surface area contributed by atoms with Crippen molar-refractivity contribution < 1.29 is 0 Å². The van der Waals surface area contributed by atoms with Crippen molar-refractivity contribution >= 4 is 23.2 Å². The highest BCUT2D eigenvalue weighted by atomic mass is 35.5. The summed E-state index contributed by atoms with van der Waals surface area (Å²) in [5.74, 6) is 1.83. The van der Waals surface area contributed by atoms with Crippen LogP contribution in [0.25, 0.3) is 0 Å². The van der Waals surface area contributed by atoms with E-state index in [1.165, 1.54) is 12.0 Å². The maximum absolute atomic E-state index is 5.76. The molecule has 0 aliphatic heterocycles. The van der Waals surface area contributed by atoms with Crippen LogP contribution in [-0.4, -0.2) is 11.8 Å². The molecule has 0 aromatic heterocycles. The minimum absolute atomic E-state index is 0.474. The van der Waals surface area contributed by atoms with Gasteiger partial charge in [-0.05, 0) is 30.7 Å². The first-order chi connectivity index (χ1) is 6.86. The molecule has 1 aromatic carbocycles. The predicted octanol–water partition coefficient (Wildman–Crippen LogP) is 4.10. The van der Waals surface area contributed by atoms with Crippen molar-refractivity contribution in [2.24, 2.45) is 5.92 Å². The van der Waals surface area contributed by atoms with Gasteiger partial charge in [0.2, 0.25) is 0 Å². The van der Waals surface area contributed by atoms with E-state index in [0.29, 0.717) is 17.7 Å². The lowest BCUT2D eigenvalue weighted by Crippen LogP contribution is -2.04. The van der Waals surface area contributed by atoms with Crippen molar-refractivity contribution in [1.82, 2.24) is 0 Å². The number of hydrogen-bond donors (Lipinski definition) is 0. The summed E-state index contributed by atoms with van der Waals surface area (Å²) in [6, 6.07) is 10.5. The van der Waals surface area contributed by atoms with Gasteiger partial charge in [-0.15, -0.1) is 23.2 Å². The Balaban J connectivity index is 2.21. The van der Waals surface area contributed by atoms with Crippen molar-refractivity contribution in [3.63, 3.8) is 0 Å². The standard InChI is InChI=1S/C12H16Cl2/c13-9-12(10-14)8-4-7-11-5-2-1-3-6-11/h1-3,5-6,12H,4,7-10H2. The van der Waals surface area contributed by atoms with E-state index in [9.17, 15) is 0 Å². The van der Waals surface area contributed by atoms with Crippen LogP contribution in [0.2, 0.25) is 0 Å². The Labute approximate surface area is 96.2 Å². The van der Waals surface area contributed by atoms with E-state index in [1.807, 2.05) is 6.07 Å². The molecule has 14 heavy (non-hydrogen) atoms. The summed E-state index contributed by atoms with van der Waals surface area (Å²) in [7, 11) is 0. The molecule has 0 N–H and O–H groups in total. The molecular weight excluding hydrogens is 215 g/mol. The van der Waals surface area contributed by atoms with Gasteiger partial charge in [-0.25, -0.2) is 0 Å². The third kappa shape index (κ3) is 4.34. The quantitative estimate of drug-likeness (QED) is 0.646. The number of rotatable bonds is 6. The first kappa shape index (κ1) is 11.9. The average molecular weight is 231 g/mol. The predicted molar refractivity (Wildman–Crippen MR) is 64.3 cm³/mol. The zero-order valence-electron chi connectivity index (χ0n) is 8.26. The van der Waals surface area contributed by atoms with Crippen LogP contribution in [0.3, 0.4) is 0 Å². The normalized spacial score (nSPS) is 10.8. The van der Waals surface area contributed by atoms with Crippen molar-refractivity contribution in [3.8, 4) is 0 Å². The van der Waals surface area contributed by atoms with E-state index in [1.54, 1.807) is 0 Å². The lowest BCUT2D eigenvalue weighted by atomic mass is 10.0. The zero-order chi connectivity index (χ0) is 10.2. The first-order valence-electron chi connectivity index (χ1n) is 5.02. The van der Waals surface area contributed by atoms with Gasteiger partial charge in [0.1, 0.15) is 0 Å². The Morgan fingerprint density at radius 3 is 2.21 bits per heavy atom. The Bertz CT molecular complexity index is 229. The molecule has 78 valence electrons. The third-order valence-corrected chi connectivity index (χ3v) is 3.23. The molecule has 1 aromatic rings. The fourth-order valence-corrected chi connectivity index (χ4v) is 2.07. The van der Waals surface area contributed by atoms with Gasteiger partial charge < -0.3 is 0 Å². The second kappa shape index (κ2) is 7.14. The van der Waals surface area contributed by atoms with Gasteiger partial charge in [0.25, 0.3) is 0 Å². The number of benzene rings is 1. The highest BCUT2D eigenvalue weighted by Gasteiger charge is 2.04. The summed E-state index contributed by atoms with van der Waals surface area (Å²) >= 11 is 11.5. The molecule has 0 spiro atoms. The molecule has 0 radical (unpaired) electrons. The number of alkyl halides is 2. The van der Waals surface area contributed by atoms with Gasteiger partial charge in [-0.1, -0.05) is 30.3 Å². The van der Waals surface area contributed by atoms with Crippen LogP contribution < -0.4 is 0 Å². The zero-order valence-corrected chi connectivity index (χ0v) is 9.77. The van der Waals surface area contributed by atoms with Crippen LogP contribution in [-0.2, 0) is 6.42 Å². The van der Waals surface area contributed by atoms with Crippen LogP contribution in [0.15, 0.2) is 30.3 Å². The Hall–Kier alpha value is -0.200. The van der Waals surface area contributed by atoms with Crippen LogP contribution in [0.4, 0.5) is 0 Å². The second-order valence-corrected chi connectivity index (χ2v) is 4.17. The Morgan fingerprint density at radius 2 is 1.64 bits per heavy atom. The summed E-state index contributed by atoms with van der Waals surface area (Å²) in [5, 5.41) is 0. The van der Waals surface area contributed by atoms with Crippen LogP contribution in [0, 0.1) is 5.92 Å². The lowest BCUT2D eigenvalue weighted by Gasteiger charge is -2.09. The fraction of sp³-hybridized carbons (Fsp3) is 0.500. The molecule has 0 aliphatic carbocycles. The first-order valence-corrected chi connectivity index (χ1v) is 6.09. The van der Waals surface area contributed by atoms with Gasteiger partial charge in [0.05, 0.1) is 0 Å². The van der Waals surface area contributed by atoms with Crippen molar-refractivity contribution in [2.45, 2.75) is 19.3 Å². The fourth-order valence-electron chi connectivity index (χ4n) is 1.44. The van der Waals surface area contributed by atoms with Crippen molar-refractivity contribution in [2.75, 3.05) is 11.8 Å². The topological polar surface area (TPSA) is 0 Å². The summed E-state index contributed by atoms with van der Waals surface area (Å²) in [5.41, 5.74) is 1.40. The summed E-state index contributed by atoms with van der Waals surface area (Å²) in [4.78, 5) is 0. The monoisotopic (exact) mass is 230 g/mol. The minimum atomic E-state index is 0.474. The maximum atomic E-state index is 5.76. The summed E-state index contributed by atoms with van der Waals surface area (Å²) in [6.45, 7) is 0. The van der Waals surface area contributed by atoms with Gasteiger partial charge >= 0.3 is 0 Å². The van der Waals surface area contributed by atoms with E-state index in [0.717, 1.165) is 12.8 Å². The maximum Gasteiger partial charge on any atom is 0.0263 e. The molecule has 0 atom stereocenters. The summed E-state index contributed by atoms with van der Waals surface area (Å²) < 4.78 is 0. The largest absolute Gasteiger partial charge is 0.126 e. The van der Waals surface area contributed by atoms with Gasteiger partial charge in [0.15, 0.2) is 0 Å². The van der Waals surface area contributed by atoms with Gasteiger partial charge in [-0.3, -0.25) is 0 Å². The van der Waals surface area contributed by atoms with Gasteiger partial charge in [-0.2, -0.15) is 0 Å². The Morgan fingerprint density at radius 1 is 1.00 bits per heavy atom. The lowest BCUT2D eigenvalue weighted by molar-refractivity contribution is 0.566. The number of aryl methyl sites for hydroxylation is 1. The number of halogens is 2.